The van der Waals surface area contributed by atoms with Gasteiger partial charge in [-0.3, -0.25) is 4.79 Å². The van der Waals surface area contributed by atoms with E-state index in [1.807, 2.05) is 13.8 Å². The van der Waals surface area contributed by atoms with E-state index >= 15 is 0 Å². The van der Waals surface area contributed by atoms with Crippen molar-refractivity contribution in [3.8, 4) is 0 Å². The summed E-state index contributed by atoms with van der Waals surface area (Å²) in [7, 11) is 0. The number of carbonyl (C=O) groups is 2. The Hall–Kier alpha value is -2.04. The van der Waals surface area contributed by atoms with Crippen molar-refractivity contribution >= 4 is 23.3 Å². The second kappa shape index (κ2) is 6.05. The van der Waals surface area contributed by atoms with Gasteiger partial charge in [0.2, 0.25) is 5.91 Å². The Labute approximate surface area is 106 Å². The average molecular weight is 250 g/mol. The molecule has 0 radical (unpaired) electrons. The Morgan fingerprint density at radius 2 is 2.11 bits per heavy atom. The summed E-state index contributed by atoms with van der Waals surface area (Å²) in [5.41, 5.74) is 6.52. The lowest BCUT2D eigenvalue weighted by Crippen LogP contribution is -2.21. The molecule has 0 heterocycles. The van der Waals surface area contributed by atoms with Crippen LogP contribution >= 0.6 is 0 Å². The summed E-state index contributed by atoms with van der Waals surface area (Å²) < 4.78 is 0. The van der Waals surface area contributed by atoms with Crippen LogP contribution in [0.15, 0.2) is 18.2 Å². The molecule has 1 atom stereocenters. The maximum atomic E-state index is 11.8. The van der Waals surface area contributed by atoms with Gasteiger partial charge in [0.1, 0.15) is 0 Å². The molecular weight excluding hydrogens is 232 g/mol. The molecule has 0 aromatic heterocycles. The molecule has 0 bridgehead atoms. The second-order valence-corrected chi connectivity index (χ2v) is 4.29. The molecule has 0 aliphatic heterocycles. The van der Waals surface area contributed by atoms with Crippen molar-refractivity contribution in [2.24, 2.45) is 5.92 Å². The van der Waals surface area contributed by atoms with Crippen LogP contribution in [0.5, 0.6) is 0 Å². The van der Waals surface area contributed by atoms with Crippen LogP contribution in [0.3, 0.4) is 0 Å². The van der Waals surface area contributed by atoms with Gasteiger partial charge in [0.05, 0.1) is 16.9 Å². The van der Waals surface area contributed by atoms with Crippen LogP contribution in [-0.4, -0.2) is 17.0 Å². The van der Waals surface area contributed by atoms with E-state index in [9.17, 15) is 9.59 Å². The van der Waals surface area contributed by atoms with Crippen LogP contribution in [0, 0.1) is 5.92 Å². The van der Waals surface area contributed by atoms with Crippen LogP contribution in [0.4, 0.5) is 11.4 Å². The number of nitrogen functional groups attached to an aromatic ring is 1. The van der Waals surface area contributed by atoms with Gasteiger partial charge >= 0.3 is 5.97 Å². The number of nitrogens with one attached hydrogen (secondary N) is 1. The minimum absolute atomic E-state index is 0.0893. The lowest BCUT2D eigenvalue weighted by molar-refractivity contribution is -0.119. The molecule has 1 rings (SSSR count). The molecular formula is C13H18N2O3. The van der Waals surface area contributed by atoms with Gasteiger partial charge in [0.25, 0.3) is 0 Å². The van der Waals surface area contributed by atoms with Crippen molar-refractivity contribution in [2.75, 3.05) is 11.1 Å². The first kappa shape index (κ1) is 14.0. The maximum Gasteiger partial charge on any atom is 0.335 e. The molecule has 5 nitrogen and oxygen atoms in total. The summed E-state index contributed by atoms with van der Waals surface area (Å²) in [5.74, 6) is -1.24. The van der Waals surface area contributed by atoms with E-state index in [4.69, 9.17) is 10.8 Å². The van der Waals surface area contributed by atoms with E-state index in [0.29, 0.717) is 5.69 Å². The van der Waals surface area contributed by atoms with Crippen molar-refractivity contribution < 1.29 is 14.7 Å². The SMILES string of the molecule is CCCC(C)C(=O)Nc1ccc(C(=O)O)cc1N. The van der Waals surface area contributed by atoms with Crippen LogP contribution in [0.2, 0.25) is 0 Å². The molecule has 1 amide bonds. The largest absolute Gasteiger partial charge is 0.478 e. The van der Waals surface area contributed by atoms with Gasteiger partial charge in [-0.05, 0) is 24.6 Å². The summed E-state index contributed by atoms with van der Waals surface area (Å²) in [6, 6.07) is 4.26. The highest BCUT2D eigenvalue weighted by Crippen LogP contribution is 2.21. The van der Waals surface area contributed by atoms with E-state index in [2.05, 4.69) is 5.32 Å². The molecule has 18 heavy (non-hydrogen) atoms. The Kier molecular flexibility index (Phi) is 4.71. The summed E-state index contributed by atoms with van der Waals surface area (Å²) in [4.78, 5) is 22.5. The van der Waals surface area contributed by atoms with Crippen molar-refractivity contribution in [2.45, 2.75) is 26.7 Å². The topological polar surface area (TPSA) is 92.4 Å². The summed E-state index contributed by atoms with van der Waals surface area (Å²) in [6.07, 6.45) is 1.74. The zero-order chi connectivity index (χ0) is 13.7. The fourth-order valence-electron chi connectivity index (χ4n) is 1.63. The number of aromatic carboxylic acids is 1. The maximum absolute atomic E-state index is 11.8. The van der Waals surface area contributed by atoms with E-state index in [1.54, 1.807) is 0 Å². The lowest BCUT2D eigenvalue weighted by Gasteiger charge is -2.13. The van der Waals surface area contributed by atoms with Gasteiger partial charge in [-0.2, -0.15) is 0 Å². The van der Waals surface area contributed by atoms with Crippen LogP contribution in [0.25, 0.3) is 0 Å². The Bertz CT molecular complexity index is 458. The second-order valence-electron chi connectivity index (χ2n) is 4.29. The number of amides is 1. The third-order valence-corrected chi connectivity index (χ3v) is 2.73. The monoisotopic (exact) mass is 250 g/mol. The molecule has 0 fully saturated rings. The minimum Gasteiger partial charge on any atom is -0.478 e. The van der Waals surface area contributed by atoms with Crippen molar-refractivity contribution in [3.63, 3.8) is 0 Å². The predicted molar refractivity (Wildman–Crippen MR) is 70.5 cm³/mol. The molecule has 98 valence electrons. The molecule has 0 saturated carbocycles. The smallest absolute Gasteiger partial charge is 0.335 e. The molecule has 0 aliphatic carbocycles. The van der Waals surface area contributed by atoms with Crippen molar-refractivity contribution in [1.82, 2.24) is 0 Å². The number of rotatable bonds is 5. The predicted octanol–water partition coefficient (Wildman–Crippen LogP) is 2.34. The highest BCUT2D eigenvalue weighted by atomic mass is 16.4. The standard InChI is InChI=1S/C13H18N2O3/c1-3-4-8(2)12(16)15-11-6-5-9(13(17)18)7-10(11)14/h5-8H,3-4,14H2,1-2H3,(H,15,16)(H,17,18). The molecule has 1 aromatic rings. The van der Waals surface area contributed by atoms with Crippen molar-refractivity contribution in [1.29, 1.82) is 0 Å². The molecule has 1 unspecified atom stereocenters. The Morgan fingerprint density at radius 1 is 1.44 bits per heavy atom. The fraction of sp³-hybridized carbons (Fsp3) is 0.385. The summed E-state index contributed by atoms with van der Waals surface area (Å²) >= 11 is 0. The molecule has 0 aliphatic rings. The van der Waals surface area contributed by atoms with Crippen LogP contribution in [-0.2, 0) is 4.79 Å². The third kappa shape index (κ3) is 3.48. The molecule has 1 aromatic carbocycles. The zero-order valence-corrected chi connectivity index (χ0v) is 10.6. The lowest BCUT2D eigenvalue weighted by atomic mass is 10.1. The Balaban J connectivity index is 2.79. The average Bonchev–Trinajstić information content (AvgIpc) is 2.31. The number of benzene rings is 1. The zero-order valence-electron chi connectivity index (χ0n) is 10.6. The van der Waals surface area contributed by atoms with Gasteiger partial charge in [-0.15, -0.1) is 0 Å². The van der Waals surface area contributed by atoms with Gasteiger partial charge in [-0.25, -0.2) is 4.79 Å². The van der Waals surface area contributed by atoms with Crippen molar-refractivity contribution in [3.05, 3.63) is 23.8 Å². The van der Waals surface area contributed by atoms with Crippen LogP contribution in [0.1, 0.15) is 37.0 Å². The normalized spacial score (nSPS) is 11.9. The summed E-state index contributed by atoms with van der Waals surface area (Å²) in [5, 5.41) is 11.5. The van der Waals surface area contributed by atoms with E-state index in [0.717, 1.165) is 12.8 Å². The number of carboxylic acid groups (broad SMARTS) is 1. The number of anilines is 2. The van der Waals surface area contributed by atoms with E-state index in [1.165, 1.54) is 18.2 Å². The number of hydrogen-bond donors (Lipinski definition) is 3. The first-order valence-corrected chi connectivity index (χ1v) is 5.89. The van der Waals surface area contributed by atoms with Crippen LogP contribution < -0.4 is 11.1 Å². The number of carboxylic acids is 1. The quantitative estimate of drug-likeness (QED) is 0.699. The van der Waals surface area contributed by atoms with E-state index < -0.39 is 5.97 Å². The molecule has 5 heteroatoms. The molecule has 0 saturated heterocycles. The van der Waals surface area contributed by atoms with E-state index in [-0.39, 0.29) is 23.1 Å². The third-order valence-electron chi connectivity index (χ3n) is 2.73. The molecule has 4 N–H and O–H groups in total. The fourth-order valence-corrected chi connectivity index (χ4v) is 1.63. The first-order valence-electron chi connectivity index (χ1n) is 5.89. The number of hydrogen-bond acceptors (Lipinski definition) is 3. The Morgan fingerprint density at radius 3 is 2.61 bits per heavy atom. The van der Waals surface area contributed by atoms with Gasteiger partial charge < -0.3 is 16.2 Å². The summed E-state index contributed by atoms with van der Waals surface area (Å²) in [6.45, 7) is 3.86. The number of nitrogens with two attached hydrogens (primary N) is 1. The molecule has 0 spiro atoms. The highest BCUT2D eigenvalue weighted by molar-refractivity contribution is 5.97. The van der Waals surface area contributed by atoms with Gasteiger partial charge in [0, 0.05) is 5.92 Å². The number of carbonyl (C=O) groups excluding carboxylic acids is 1. The minimum atomic E-state index is -1.04. The first-order chi connectivity index (χ1) is 8.45. The van der Waals surface area contributed by atoms with Gasteiger partial charge in [0.15, 0.2) is 0 Å². The highest BCUT2D eigenvalue weighted by Gasteiger charge is 2.14. The van der Waals surface area contributed by atoms with Gasteiger partial charge in [-0.1, -0.05) is 20.3 Å².